The third kappa shape index (κ3) is 3.58. The minimum absolute atomic E-state index is 0.201. The molecule has 0 spiro atoms. The van der Waals surface area contributed by atoms with Gasteiger partial charge in [0.2, 0.25) is 0 Å². The summed E-state index contributed by atoms with van der Waals surface area (Å²) in [6.45, 7) is 2.30. The summed E-state index contributed by atoms with van der Waals surface area (Å²) in [5.41, 5.74) is 0.201. The molecular formula is C13H19NO4. The quantitative estimate of drug-likeness (QED) is 0.869. The van der Waals surface area contributed by atoms with Crippen LogP contribution in [-0.4, -0.2) is 42.3 Å². The molecule has 0 saturated carbocycles. The molecule has 1 unspecified atom stereocenters. The Bertz CT molecular complexity index is 395. The second-order valence-corrected chi connectivity index (χ2v) is 4.79. The van der Waals surface area contributed by atoms with Crippen molar-refractivity contribution < 1.29 is 19.1 Å². The van der Waals surface area contributed by atoms with Gasteiger partial charge in [-0.25, -0.2) is 4.79 Å². The van der Waals surface area contributed by atoms with Gasteiger partial charge in [0, 0.05) is 13.2 Å². The van der Waals surface area contributed by atoms with Gasteiger partial charge in [-0.15, -0.1) is 0 Å². The number of likely N-dealkylation sites (N-methyl/N-ethyl adjacent to an activating group) is 1. The van der Waals surface area contributed by atoms with Crippen molar-refractivity contribution >= 4 is 5.97 Å². The van der Waals surface area contributed by atoms with Gasteiger partial charge in [-0.1, -0.05) is 0 Å². The Morgan fingerprint density at radius 1 is 1.56 bits per heavy atom. The van der Waals surface area contributed by atoms with Crippen LogP contribution in [0.25, 0.3) is 0 Å². The minimum Gasteiger partial charge on any atom is -0.478 e. The first-order chi connectivity index (χ1) is 8.65. The van der Waals surface area contributed by atoms with Gasteiger partial charge < -0.3 is 14.3 Å². The van der Waals surface area contributed by atoms with E-state index in [-0.39, 0.29) is 11.7 Å². The molecule has 0 aliphatic carbocycles. The zero-order valence-corrected chi connectivity index (χ0v) is 10.6. The number of nitrogens with zero attached hydrogens (tertiary/aromatic N) is 1. The average molecular weight is 253 g/mol. The number of rotatable bonds is 5. The fourth-order valence-electron chi connectivity index (χ4n) is 2.21. The molecule has 0 amide bonds. The molecule has 1 aliphatic heterocycles. The first-order valence-corrected chi connectivity index (χ1v) is 6.26. The number of ether oxygens (including phenoxy) is 1. The largest absolute Gasteiger partial charge is 0.478 e. The molecule has 0 bridgehead atoms. The van der Waals surface area contributed by atoms with Crippen molar-refractivity contribution in [2.45, 2.75) is 31.9 Å². The number of aromatic carboxylic acids is 1. The first-order valence-electron chi connectivity index (χ1n) is 6.26. The van der Waals surface area contributed by atoms with Crippen LogP contribution < -0.4 is 0 Å². The Morgan fingerprint density at radius 2 is 2.39 bits per heavy atom. The molecule has 1 aromatic heterocycles. The van der Waals surface area contributed by atoms with Crippen LogP contribution in [0.2, 0.25) is 0 Å². The summed E-state index contributed by atoms with van der Waals surface area (Å²) in [6, 6.07) is 1.57. The van der Waals surface area contributed by atoms with Gasteiger partial charge in [0.25, 0.3) is 0 Å². The minimum atomic E-state index is -0.955. The van der Waals surface area contributed by atoms with E-state index in [0.717, 1.165) is 26.0 Å². The van der Waals surface area contributed by atoms with Crippen LogP contribution in [0.15, 0.2) is 16.7 Å². The van der Waals surface area contributed by atoms with Crippen LogP contribution >= 0.6 is 0 Å². The summed E-state index contributed by atoms with van der Waals surface area (Å²) in [6.07, 6.45) is 5.05. The summed E-state index contributed by atoms with van der Waals surface area (Å²) in [4.78, 5) is 12.8. The normalized spacial score (nSPS) is 20.2. The van der Waals surface area contributed by atoms with Crippen LogP contribution in [0.4, 0.5) is 0 Å². The number of hydrogen-bond donors (Lipinski definition) is 1. The molecule has 5 heteroatoms. The average Bonchev–Trinajstić information content (AvgIpc) is 2.78. The van der Waals surface area contributed by atoms with Crippen molar-refractivity contribution in [1.29, 1.82) is 0 Å². The highest BCUT2D eigenvalue weighted by molar-refractivity contribution is 5.87. The number of carboxylic acids is 1. The Kier molecular flexibility index (Phi) is 4.38. The lowest BCUT2D eigenvalue weighted by atomic mass is 10.1. The number of carbonyl (C=O) groups is 1. The lowest BCUT2D eigenvalue weighted by molar-refractivity contribution is -0.00338. The lowest BCUT2D eigenvalue weighted by Gasteiger charge is -2.26. The summed E-state index contributed by atoms with van der Waals surface area (Å²) < 4.78 is 10.9. The predicted molar refractivity (Wildman–Crippen MR) is 65.6 cm³/mol. The van der Waals surface area contributed by atoms with E-state index in [1.54, 1.807) is 6.07 Å². The third-order valence-electron chi connectivity index (χ3n) is 3.12. The second kappa shape index (κ2) is 6.02. The molecule has 1 N–H and O–H groups in total. The molecule has 0 radical (unpaired) electrons. The van der Waals surface area contributed by atoms with E-state index in [1.807, 2.05) is 7.05 Å². The van der Waals surface area contributed by atoms with E-state index in [2.05, 4.69) is 4.90 Å². The van der Waals surface area contributed by atoms with Gasteiger partial charge >= 0.3 is 5.97 Å². The summed E-state index contributed by atoms with van der Waals surface area (Å²) in [7, 11) is 1.99. The SMILES string of the molecule is CN(Cc1cc(C(=O)O)co1)CC1CCCCO1. The molecule has 1 atom stereocenters. The molecule has 1 fully saturated rings. The van der Waals surface area contributed by atoms with Gasteiger partial charge in [-0.3, -0.25) is 4.90 Å². The van der Waals surface area contributed by atoms with E-state index in [1.165, 1.54) is 12.7 Å². The van der Waals surface area contributed by atoms with Crippen LogP contribution in [0.3, 0.4) is 0 Å². The van der Waals surface area contributed by atoms with Gasteiger partial charge in [-0.05, 0) is 32.4 Å². The Balaban J connectivity index is 1.82. The molecule has 100 valence electrons. The van der Waals surface area contributed by atoms with Crippen molar-refractivity contribution in [2.75, 3.05) is 20.2 Å². The van der Waals surface area contributed by atoms with Gasteiger partial charge in [0.15, 0.2) is 0 Å². The molecule has 18 heavy (non-hydrogen) atoms. The molecule has 1 saturated heterocycles. The monoisotopic (exact) mass is 253 g/mol. The Labute approximate surface area is 106 Å². The molecule has 0 aromatic carbocycles. The van der Waals surface area contributed by atoms with Crippen molar-refractivity contribution in [3.05, 3.63) is 23.7 Å². The van der Waals surface area contributed by atoms with Crippen molar-refractivity contribution in [2.24, 2.45) is 0 Å². The Hall–Kier alpha value is -1.33. The summed E-state index contributed by atoms with van der Waals surface area (Å²) in [5.74, 6) is -0.283. The van der Waals surface area contributed by atoms with E-state index in [9.17, 15) is 4.79 Å². The fraction of sp³-hybridized carbons (Fsp3) is 0.615. The molecular weight excluding hydrogens is 234 g/mol. The van der Waals surface area contributed by atoms with E-state index in [4.69, 9.17) is 14.3 Å². The van der Waals surface area contributed by atoms with Gasteiger partial charge in [0.1, 0.15) is 12.0 Å². The summed E-state index contributed by atoms with van der Waals surface area (Å²) >= 11 is 0. The zero-order chi connectivity index (χ0) is 13.0. The lowest BCUT2D eigenvalue weighted by Crippen LogP contribution is -2.32. The maximum absolute atomic E-state index is 10.7. The standard InChI is InChI=1S/C13H19NO4/c1-14(7-11-4-2-3-5-17-11)8-12-6-10(9-18-12)13(15)16/h6,9,11H,2-5,7-8H2,1H3,(H,15,16). The van der Waals surface area contributed by atoms with Crippen LogP contribution in [0.5, 0.6) is 0 Å². The third-order valence-corrected chi connectivity index (χ3v) is 3.12. The predicted octanol–water partition coefficient (Wildman–Crippen LogP) is 1.98. The van der Waals surface area contributed by atoms with Crippen molar-refractivity contribution in [3.63, 3.8) is 0 Å². The topological polar surface area (TPSA) is 62.9 Å². The van der Waals surface area contributed by atoms with Gasteiger partial charge in [0.05, 0.1) is 18.2 Å². The Morgan fingerprint density at radius 3 is 3.00 bits per heavy atom. The number of carboxylic acid groups (broad SMARTS) is 1. The van der Waals surface area contributed by atoms with Crippen molar-refractivity contribution in [3.8, 4) is 0 Å². The molecule has 2 heterocycles. The maximum Gasteiger partial charge on any atom is 0.338 e. The highest BCUT2D eigenvalue weighted by Gasteiger charge is 2.17. The van der Waals surface area contributed by atoms with Crippen LogP contribution in [0, 0.1) is 0 Å². The van der Waals surface area contributed by atoms with Crippen LogP contribution in [-0.2, 0) is 11.3 Å². The number of furan rings is 1. The summed E-state index contributed by atoms with van der Waals surface area (Å²) in [5, 5.41) is 8.80. The highest BCUT2D eigenvalue weighted by atomic mass is 16.5. The zero-order valence-electron chi connectivity index (χ0n) is 10.6. The van der Waals surface area contributed by atoms with Gasteiger partial charge in [-0.2, -0.15) is 0 Å². The highest BCUT2D eigenvalue weighted by Crippen LogP contribution is 2.15. The maximum atomic E-state index is 10.7. The second-order valence-electron chi connectivity index (χ2n) is 4.79. The van der Waals surface area contributed by atoms with E-state index < -0.39 is 5.97 Å². The molecule has 5 nitrogen and oxygen atoms in total. The molecule has 2 rings (SSSR count). The van der Waals surface area contributed by atoms with E-state index >= 15 is 0 Å². The first kappa shape index (κ1) is 13.1. The fourth-order valence-corrected chi connectivity index (χ4v) is 2.21. The smallest absolute Gasteiger partial charge is 0.338 e. The van der Waals surface area contributed by atoms with Crippen LogP contribution in [0.1, 0.15) is 35.4 Å². The van der Waals surface area contributed by atoms with Crippen molar-refractivity contribution in [1.82, 2.24) is 4.90 Å². The molecule has 1 aromatic rings. The van der Waals surface area contributed by atoms with E-state index in [0.29, 0.717) is 12.3 Å². The number of hydrogen-bond acceptors (Lipinski definition) is 4. The molecule has 1 aliphatic rings.